The second-order valence-corrected chi connectivity index (χ2v) is 5.42. The average Bonchev–Trinajstić information content (AvgIpc) is 2.69. The van der Waals surface area contributed by atoms with Gasteiger partial charge in [-0.25, -0.2) is 0 Å². The number of benzene rings is 1. The summed E-state index contributed by atoms with van der Waals surface area (Å²) in [5, 5.41) is 6.37. The number of aryl methyl sites for hydroxylation is 1. The van der Waals surface area contributed by atoms with E-state index in [4.69, 9.17) is 11.6 Å². The fraction of sp³-hybridized carbons (Fsp3) is 0.286. The predicted molar refractivity (Wildman–Crippen MR) is 76.0 cm³/mol. The number of hydrogen-bond acceptors (Lipinski definition) is 2. The molecule has 1 unspecified atom stereocenters. The van der Waals surface area contributed by atoms with Crippen LogP contribution in [0, 0.1) is 6.92 Å². The van der Waals surface area contributed by atoms with E-state index >= 15 is 0 Å². The van der Waals surface area contributed by atoms with Crippen LogP contribution in [0.4, 0.5) is 0 Å². The molecule has 1 aromatic heterocycles. The molecular weight excluding hydrogens is 250 g/mol. The highest BCUT2D eigenvalue weighted by Crippen LogP contribution is 2.33. The number of halogens is 1. The van der Waals surface area contributed by atoms with E-state index in [2.05, 4.69) is 41.9 Å². The Labute approximate surface area is 111 Å². The topological polar surface area (TPSA) is 12.0 Å². The maximum absolute atomic E-state index is 6.32. The van der Waals surface area contributed by atoms with Gasteiger partial charge in [-0.05, 0) is 36.9 Å². The van der Waals surface area contributed by atoms with Crippen LogP contribution in [0.25, 0.3) is 0 Å². The van der Waals surface area contributed by atoms with E-state index in [0.717, 1.165) is 11.4 Å². The third-order valence-corrected chi connectivity index (χ3v) is 4.70. The summed E-state index contributed by atoms with van der Waals surface area (Å²) in [4.78, 5) is 1.23. The SMILES string of the molecule is CNC(Cc1ccccc1)c1scc(C)c1Cl. The Balaban J connectivity index is 2.20. The van der Waals surface area contributed by atoms with Crippen LogP contribution in [0.3, 0.4) is 0 Å². The van der Waals surface area contributed by atoms with E-state index < -0.39 is 0 Å². The largest absolute Gasteiger partial charge is 0.312 e. The first kappa shape index (κ1) is 12.6. The van der Waals surface area contributed by atoms with Crippen LogP contribution in [0.15, 0.2) is 35.7 Å². The van der Waals surface area contributed by atoms with E-state index in [-0.39, 0.29) is 0 Å². The molecule has 0 aliphatic rings. The molecule has 1 atom stereocenters. The molecule has 17 heavy (non-hydrogen) atoms. The van der Waals surface area contributed by atoms with Crippen molar-refractivity contribution < 1.29 is 0 Å². The lowest BCUT2D eigenvalue weighted by molar-refractivity contribution is 0.602. The molecule has 2 rings (SSSR count). The second kappa shape index (κ2) is 5.67. The van der Waals surface area contributed by atoms with Crippen molar-refractivity contribution in [1.29, 1.82) is 0 Å². The molecule has 0 bridgehead atoms. The monoisotopic (exact) mass is 265 g/mol. The van der Waals surface area contributed by atoms with Crippen molar-refractivity contribution in [1.82, 2.24) is 5.32 Å². The lowest BCUT2D eigenvalue weighted by Gasteiger charge is -2.15. The summed E-state index contributed by atoms with van der Waals surface area (Å²) in [5.41, 5.74) is 2.49. The summed E-state index contributed by atoms with van der Waals surface area (Å²) >= 11 is 8.05. The van der Waals surface area contributed by atoms with Crippen LogP contribution in [0.2, 0.25) is 5.02 Å². The number of rotatable bonds is 4. The van der Waals surface area contributed by atoms with Crippen LogP contribution >= 0.6 is 22.9 Å². The molecule has 1 N–H and O–H groups in total. The van der Waals surface area contributed by atoms with Crippen molar-refractivity contribution in [2.75, 3.05) is 7.05 Å². The van der Waals surface area contributed by atoms with E-state index in [1.807, 2.05) is 13.1 Å². The second-order valence-electron chi connectivity index (χ2n) is 4.13. The Bertz CT molecular complexity index is 478. The summed E-state index contributed by atoms with van der Waals surface area (Å²) < 4.78 is 0. The Kier molecular flexibility index (Phi) is 4.21. The first-order valence-corrected chi connectivity index (χ1v) is 6.92. The highest BCUT2D eigenvalue weighted by molar-refractivity contribution is 7.10. The van der Waals surface area contributed by atoms with Gasteiger partial charge < -0.3 is 5.32 Å². The van der Waals surface area contributed by atoms with Gasteiger partial charge in [0.15, 0.2) is 0 Å². The van der Waals surface area contributed by atoms with Gasteiger partial charge in [0.05, 0.1) is 5.02 Å². The van der Waals surface area contributed by atoms with Crippen molar-refractivity contribution in [2.45, 2.75) is 19.4 Å². The van der Waals surface area contributed by atoms with Gasteiger partial charge in [0.1, 0.15) is 0 Å². The van der Waals surface area contributed by atoms with E-state index in [9.17, 15) is 0 Å². The van der Waals surface area contributed by atoms with E-state index in [1.54, 1.807) is 11.3 Å². The van der Waals surface area contributed by atoms with Crippen molar-refractivity contribution in [3.05, 3.63) is 56.7 Å². The zero-order valence-corrected chi connectivity index (χ0v) is 11.6. The van der Waals surface area contributed by atoms with Crippen LogP contribution < -0.4 is 5.32 Å². The van der Waals surface area contributed by atoms with Crippen LogP contribution in [0.1, 0.15) is 22.0 Å². The summed E-state index contributed by atoms with van der Waals surface area (Å²) in [6, 6.07) is 10.8. The standard InChI is InChI=1S/C14H16ClNS/c1-10-9-17-14(13(10)15)12(16-2)8-11-6-4-3-5-7-11/h3-7,9,12,16H,8H2,1-2H3. The molecule has 1 heterocycles. The van der Waals surface area contributed by atoms with Crippen LogP contribution in [-0.4, -0.2) is 7.05 Å². The number of likely N-dealkylation sites (N-methyl/N-ethyl adjacent to an activating group) is 1. The number of thiophene rings is 1. The molecule has 0 aliphatic carbocycles. The molecule has 0 fully saturated rings. The van der Waals surface area contributed by atoms with Crippen molar-refractivity contribution in [2.24, 2.45) is 0 Å². The molecule has 0 amide bonds. The minimum Gasteiger partial charge on any atom is -0.312 e. The zero-order chi connectivity index (χ0) is 12.3. The molecule has 1 aromatic carbocycles. The quantitative estimate of drug-likeness (QED) is 0.873. The summed E-state index contributed by atoms with van der Waals surface area (Å²) in [5.74, 6) is 0. The molecule has 0 saturated heterocycles. The molecule has 1 nitrogen and oxygen atoms in total. The minimum atomic E-state index is 0.295. The van der Waals surface area contributed by atoms with Crippen molar-refractivity contribution in [3.8, 4) is 0 Å². The summed E-state index contributed by atoms with van der Waals surface area (Å²) in [6.45, 7) is 2.05. The number of nitrogens with one attached hydrogen (secondary N) is 1. The van der Waals surface area contributed by atoms with Gasteiger partial charge in [0.2, 0.25) is 0 Å². The number of hydrogen-bond donors (Lipinski definition) is 1. The molecular formula is C14H16ClNS. The van der Waals surface area contributed by atoms with Gasteiger partial charge >= 0.3 is 0 Å². The lowest BCUT2D eigenvalue weighted by Crippen LogP contribution is -2.18. The zero-order valence-electron chi connectivity index (χ0n) is 10.0. The first-order valence-electron chi connectivity index (χ1n) is 5.67. The molecule has 0 aliphatic heterocycles. The van der Waals surface area contributed by atoms with Gasteiger partial charge in [-0.3, -0.25) is 0 Å². The van der Waals surface area contributed by atoms with E-state index in [0.29, 0.717) is 6.04 Å². The van der Waals surface area contributed by atoms with Gasteiger partial charge in [-0.2, -0.15) is 0 Å². The molecule has 0 spiro atoms. The molecule has 0 radical (unpaired) electrons. The molecule has 2 aromatic rings. The normalized spacial score (nSPS) is 12.6. The fourth-order valence-electron chi connectivity index (χ4n) is 1.86. The smallest absolute Gasteiger partial charge is 0.0590 e. The molecule has 3 heteroatoms. The maximum atomic E-state index is 6.32. The Hall–Kier alpha value is -0.830. The maximum Gasteiger partial charge on any atom is 0.0590 e. The minimum absolute atomic E-state index is 0.295. The highest BCUT2D eigenvalue weighted by atomic mass is 35.5. The first-order chi connectivity index (χ1) is 8.22. The Morgan fingerprint density at radius 3 is 2.53 bits per heavy atom. The molecule has 0 saturated carbocycles. The predicted octanol–water partition coefficient (Wildman–Crippen LogP) is 4.21. The average molecular weight is 266 g/mol. The van der Waals surface area contributed by atoms with Crippen LogP contribution in [-0.2, 0) is 6.42 Å². The van der Waals surface area contributed by atoms with E-state index in [1.165, 1.54) is 16.0 Å². The van der Waals surface area contributed by atoms with Gasteiger partial charge in [0, 0.05) is 10.9 Å². The van der Waals surface area contributed by atoms with Crippen molar-refractivity contribution in [3.63, 3.8) is 0 Å². The summed E-state index contributed by atoms with van der Waals surface area (Å²) in [7, 11) is 1.99. The summed E-state index contributed by atoms with van der Waals surface area (Å²) in [6.07, 6.45) is 0.969. The Morgan fingerprint density at radius 2 is 2.00 bits per heavy atom. The molecule has 90 valence electrons. The Morgan fingerprint density at radius 1 is 1.29 bits per heavy atom. The fourth-order valence-corrected chi connectivity index (χ4v) is 3.30. The highest BCUT2D eigenvalue weighted by Gasteiger charge is 2.16. The van der Waals surface area contributed by atoms with Crippen LogP contribution in [0.5, 0.6) is 0 Å². The van der Waals surface area contributed by atoms with Gasteiger partial charge in [-0.15, -0.1) is 11.3 Å². The van der Waals surface area contributed by atoms with Gasteiger partial charge in [0.25, 0.3) is 0 Å². The lowest BCUT2D eigenvalue weighted by atomic mass is 10.0. The van der Waals surface area contributed by atoms with Gasteiger partial charge in [-0.1, -0.05) is 41.9 Å². The third-order valence-electron chi connectivity index (χ3n) is 2.87. The third kappa shape index (κ3) is 2.89. The van der Waals surface area contributed by atoms with Crippen molar-refractivity contribution >= 4 is 22.9 Å².